The predicted molar refractivity (Wildman–Crippen MR) is 48.9 cm³/mol. The minimum Gasteiger partial charge on any atom is -0.390 e. The molecule has 11 heavy (non-hydrogen) atoms. The molecule has 3 heteroatoms. The summed E-state index contributed by atoms with van der Waals surface area (Å²) >= 11 is 0. The van der Waals surface area contributed by atoms with Crippen LogP contribution >= 0.6 is 12.4 Å². The van der Waals surface area contributed by atoms with Crippen molar-refractivity contribution < 1.29 is 5.11 Å². The summed E-state index contributed by atoms with van der Waals surface area (Å²) < 4.78 is 0. The minimum absolute atomic E-state index is 0. The third kappa shape index (κ3) is 2.62. The molecule has 0 aromatic rings. The molecule has 0 spiro atoms. The first-order chi connectivity index (χ1) is 4.67. The van der Waals surface area contributed by atoms with Gasteiger partial charge in [-0.05, 0) is 32.2 Å². The molecule has 1 aliphatic rings. The second kappa shape index (κ2) is 4.29. The Morgan fingerprint density at radius 1 is 1.55 bits per heavy atom. The van der Waals surface area contributed by atoms with E-state index in [1.165, 1.54) is 6.42 Å². The fourth-order valence-corrected chi connectivity index (χ4v) is 1.76. The molecule has 0 radical (unpaired) electrons. The van der Waals surface area contributed by atoms with Gasteiger partial charge in [-0.1, -0.05) is 12.8 Å². The molecule has 1 saturated carbocycles. The smallest absolute Gasteiger partial charge is 0.0659 e. The Morgan fingerprint density at radius 3 is 2.55 bits per heavy atom. The van der Waals surface area contributed by atoms with E-state index in [0.29, 0.717) is 12.5 Å². The molecule has 0 aromatic carbocycles. The number of halogens is 1. The van der Waals surface area contributed by atoms with Gasteiger partial charge in [0.15, 0.2) is 0 Å². The molecule has 3 N–H and O–H groups in total. The average Bonchev–Trinajstić information content (AvgIpc) is 1.87. The molecular formula is C8H18ClNO. The summed E-state index contributed by atoms with van der Waals surface area (Å²) in [5.41, 5.74) is 5.04. The highest BCUT2D eigenvalue weighted by molar-refractivity contribution is 5.85. The van der Waals surface area contributed by atoms with Crippen molar-refractivity contribution in [3.63, 3.8) is 0 Å². The lowest BCUT2D eigenvalue weighted by atomic mass is 9.77. The first-order valence-corrected chi connectivity index (χ1v) is 4.09. The van der Waals surface area contributed by atoms with E-state index in [0.717, 1.165) is 19.3 Å². The first kappa shape index (κ1) is 11.2. The van der Waals surface area contributed by atoms with Crippen molar-refractivity contribution >= 4 is 12.4 Å². The number of aliphatic hydroxyl groups is 1. The molecule has 1 rings (SSSR count). The summed E-state index contributed by atoms with van der Waals surface area (Å²) in [6.45, 7) is 2.54. The first-order valence-electron chi connectivity index (χ1n) is 4.09. The van der Waals surface area contributed by atoms with Gasteiger partial charge in [0, 0.05) is 0 Å². The molecule has 0 aliphatic heterocycles. The Labute approximate surface area is 74.6 Å². The molecule has 2 atom stereocenters. The van der Waals surface area contributed by atoms with Crippen LogP contribution in [0.1, 0.15) is 32.6 Å². The van der Waals surface area contributed by atoms with E-state index < -0.39 is 5.60 Å². The zero-order valence-corrected chi connectivity index (χ0v) is 7.86. The molecule has 0 heterocycles. The highest BCUT2D eigenvalue weighted by atomic mass is 35.5. The molecule has 0 amide bonds. The topological polar surface area (TPSA) is 46.2 Å². The van der Waals surface area contributed by atoms with E-state index in [1.54, 1.807) is 0 Å². The third-order valence-electron chi connectivity index (χ3n) is 2.65. The summed E-state index contributed by atoms with van der Waals surface area (Å²) in [5, 5.41) is 9.75. The van der Waals surface area contributed by atoms with Gasteiger partial charge in [0.1, 0.15) is 0 Å². The van der Waals surface area contributed by atoms with Crippen LogP contribution in [0.15, 0.2) is 0 Å². The van der Waals surface area contributed by atoms with E-state index in [1.807, 2.05) is 6.92 Å². The van der Waals surface area contributed by atoms with Crippen LogP contribution in [-0.4, -0.2) is 17.3 Å². The van der Waals surface area contributed by atoms with E-state index in [2.05, 4.69) is 0 Å². The summed E-state index contributed by atoms with van der Waals surface area (Å²) in [4.78, 5) is 0. The van der Waals surface area contributed by atoms with Crippen molar-refractivity contribution in [1.82, 2.24) is 0 Å². The van der Waals surface area contributed by atoms with Gasteiger partial charge in [-0.15, -0.1) is 12.4 Å². The highest BCUT2D eigenvalue weighted by Gasteiger charge is 2.32. The van der Waals surface area contributed by atoms with E-state index in [-0.39, 0.29) is 12.4 Å². The van der Waals surface area contributed by atoms with Crippen LogP contribution in [0.4, 0.5) is 0 Å². The average molecular weight is 180 g/mol. The van der Waals surface area contributed by atoms with Crippen molar-refractivity contribution in [3.8, 4) is 0 Å². The van der Waals surface area contributed by atoms with Crippen LogP contribution in [0.5, 0.6) is 0 Å². The van der Waals surface area contributed by atoms with Gasteiger partial charge in [0.2, 0.25) is 0 Å². The SMILES string of the molecule is C[C@@]1(O)CCCC[C@@H]1CN.Cl. The molecule has 0 saturated heterocycles. The highest BCUT2D eigenvalue weighted by Crippen LogP contribution is 2.32. The molecule has 0 aromatic heterocycles. The maximum absolute atomic E-state index is 9.75. The van der Waals surface area contributed by atoms with Crippen LogP contribution in [0, 0.1) is 5.92 Å². The number of rotatable bonds is 1. The fourth-order valence-electron chi connectivity index (χ4n) is 1.76. The van der Waals surface area contributed by atoms with Crippen molar-refractivity contribution in [2.24, 2.45) is 11.7 Å². The van der Waals surface area contributed by atoms with Crippen molar-refractivity contribution in [3.05, 3.63) is 0 Å². The van der Waals surface area contributed by atoms with Gasteiger partial charge in [-0.2, -0.15) is 0 Å². The zero-order valence-electron chi connectivity index (χ0n) is 7.05. The monoisotopic (exact) mass is 179 g/mol. The predicted octanol–water partition coefficient (Wildman–Crippen LogP) is 1.31. The molecule has 0 unspecified atom stereocenters. The van der Waals surface area contributed by atoms with Crippen molar-refractivity contribution in [1.29, 1.82) is 0 Å². The maximum Gasteiger partial charge on any atom is 0.0659 e. The molecule has 1 fully saturated rings. The largest absolute Gasteiger partial charge is 0.390 e. The summed E-state index contributed by atoms with van der Waals surface area (Å²) in [7, 11) is 0. The van der Waals surface area contributed by atoms with Crippen LogP contribution in [0.25, 0.3) is 0 Å². The lowest BCUT2D eigenvalue weighted by Gasteiger charge is -2.36. The van der Waals surface area contributed by atoms with E-state index in [9.17, 15) is 5.11 Å². The van der Waals surface area contributed by atoms with Crippen LogP contribution in [0.2, 0.25) is 0 Å². The second-order valence-electron chi connectivity index (χ2n) is 3.54. The van der Waals surface area contributed by atoms with Gasteiger partial charge in [-0.3, -0.25) is 0 Å². The van der Waals surface area contributed by atoms with Gasteiger partial charge < -0.3 is 10.8 Å². The Hall–Kier alpha value is 0.210. The summed E-state index contributed by atoms with van der Waals surface area (Å²) in [6, 6.07) is 0. The van der Waals surface area contributed by atoms with Gasteiger partial charge in [-0.25, -0.2) is 0 Å². The standard InChI is InChI=1S/C8H17NO.ClH/c1-8(10)5-3-2-4-7(8)6-9;/h7,10H,2-6,9H2,1H3;1H/t7-,8-;/m1./s1. The van der Waals surface area contributed by atoms with Crippen LogP contribution < -0.4 is 5.73 Å². The number of hydrogen-bond donors (Lipinski definition) is 2. The van der Waals surface area contributed by atoms with Crippen molar-refractivity contribution in [2.45, 2.75) is 38.2 Å². The fraction of sp³-hybridized carbons (Fsp3) is 1.00. The Balaban J connectivity index is 0.000001000. The minimum atomic E-state index is -0.479. The van der Waals surface area contributed by atoms with Crippen LogP contribution in [0.3, 0.4) is 0 Å². The van der Waals surface area contributed by atoms with E-state index in [4.69, 9.17) is 5.73 Å². The third-order valence-corrected chi connectivity index (χ3v) is 2.65. The molecule has 1 aliphatic carbocycles. The molecule has 0 bridgehead atoms. The van der Waals surface area contributed by atoms with Gasteiger partial charge in [0.25, 0.3) is 0 Å². The lowest BCUT2D eigenvalue weighted by molar-refractivity contribution is -0.0277. The number of nitrogens with two attached hydrogens (primary N) is 1. The normalized spacial score (nSPS) is 37.9. The van der Waals surface area contributed by atoms with Gasteiger partial charge in [0.05, 0.1) is 5.60 Å². The molecule has 68 valence electrons. The quantitative estimate of drug-likeness (QED) is 0.638. The van der Waals surface area contributed by atoms with Gasteiger partial charge >= 0.3 is 0 Å². The maximum atomic E-state index is 9.75. The summed E-state index contributed by atoms with van der Waals surface area (Å²) in [6.07, 6.45) is 4.42. The molecular weight excluding hydrogens is 162 g/mol. The van der Waals surface area contributed by atoms with Crippen molar-refractivity contribution in [2.75, 3.05) is 6.54 Å². The zero-order chi connectivity index (χ0) is 7.61. The second-order valence-corrected chi connectivity index (χ2v) is 3.54. The Morgan fingerprint density at radius 2 is 2.18 bits per heavy atom. The lowest BCUT2D eigenvalue weighted by Crippen LogP contribution is -2.41. The molecule has 2 nitrogen and oxygen atoms in total. The summed E-state index contributed by atoms with van der Waals surface area (Å²) in [5.74, 6) is 0.334. The number of hydrogen-bond acceptors (Lipinski definition) is 2. The Bertz CT molecular complexity index is 117. The Kier molecular flexibility index (Phi) is 4.37. The van der Waals surface area contributed by atoms with Crippen LogP contribution in [-0.2, 0) is 0 Å². The van der Waals surface area contributed by atoms with E-state index >= 15 is 0 Å².